The number of ether oxygens (including phenoxy) is 1. The summed E-state index contributed by atoms with van der Waals surface area (Å²) in [5.41, 5.74) is 1.11. The molecule has 1 aromatic rings. The molecule has 0 spiro atoms. The first-order chi connectivity index (χ1) is 6.77. The van der Waals surface area contributed by atoms with Crippen LogP contribution in [0.25, 0.3) is 6.08 Å². The number of benzene rings is 1. The molecule has 0 bridgehead atoms. The molecule has 2 nitrogen and oxygen atoms in total. The molecule has 0 radical (unpaired) electrons. The van der Waals surface area contributed by atoms with Crippen molar-refractivity contribution in [1.82, 2.24) is 5.32 Å². The van der Waals surface area contributed by atoms with Gasteiger partial charge in [-0.3, -0.25) is 0 Å². The van der Waals surface area contributed by atoms with E-state index < -0.39 is 0 Å². The fourth-order valence-corrected chi connectivity index (χ4v) is 1.15. The number of para-hydroxylation sites is 1. The molecular weight excluding hydrogens is 174 g/mol. The normalized spacial score (nSPS) is 13.1. The van der Waals surface area contributed by atoms with Crippen LogP contribution in [0.3, 0.4) is 0 Å². The minimum absolute atomic E-state index is 0.375. The smallest absolute Gasteiger partial charge is 0.126 e. The lowest BCUT2D eigenvalue weighted by Gasteiger charge is -2.05. The van der Waals surface area contributed by atoms with E-state index in [1.54, 1.807) is 7.11 Å². The number of nitrogens with one attached hydrogen (secondary N) is 1. The maximum atomic E-state index is 5.24. The van der Waals surface area contributed by atoms with Crippen molar-refractivity contribution in [3.05, 3.63) is 35.9 Å². The zero-order valence-electron chi connectivity index (χ0n) is 8.95. The van der Waals surface area contributed by atoms with E-state index in [9.17, 15) is 0 Å². The van der Waals surface area contributed by atoms with Crippen molar-refractivity contribution in [1.29, 1.82) is 0 Å². The van der Waals surface area contributed by atoms with Crippen molar-refractivity contribution in [3.8, 4) is 5.75 Å². The van der Waals surface area contributed by atoms with Gasteiger partial charge in [-0.2, -0.15) is 0 Å². The van der Waals surface area contributed by atoms with E-state index in [2.05, 4.69) is 24.4 Å². The minimum Gasteiger partial charge on any atom is -0.496 e. The van der Waals surface area contributed by atoms with Gasteiger partial charge in [-0.15, -0.1) is 0 Å². The second-order valence-corrected chi connectivity index (χ2v) is 3.18. The predicted octanol–water partition coefficient (Wildman–Crippen LogP) is 2.32. The Morgan fingerprint density at radius 3 is 2.71 bits per heavy atom. The summed E-state index contributed by atoms with van der Waals surface area (Å²) >= 11 is 0. The van der Waals surface area contributed by atoms with Crippen molar-refractivity contribution in [2.24, 2.45) is 0 Å². The van der Waals surface area contributed by atoms with Crippen molar-refractivity contribution in [3.63, 3.8) is 0 Å². The Bertz CT molecular complexity index is 307. The lowest BCUT2D eigenvalue weighted by atomic mass is 10.1. The third-order valence-electron chi connectivity index (χ3n) is 2.16. The number of hydrogen-bond acceptors (Lipinski definition) is 2. The molecule has 0 aromatic heterocycles. The first-order valence-corrected chi connectivity index (χ1v) is 4.76. The van der Waals surface area contributed by atoms with Gasteiger partial charge in [0.1, 0.15) is 5.75 Å². The second-order valence-electron chi connectivity index (χ2n) is 3.18. The van der Waals surface area contributed by atoms with Gasteiger partial charge < -0.3 is 10.1 Å². The van der Waals surface area contributed by atoms with Crippen LogP contribution in [0.5, 0.6) is 5.75 Å². The number of hydrogen-bond donors (Lipinski definition) is 1. The van der Waals surface area contributed by atoms with E-state index in [1.807, 2.05) is 31.3 Å². The maximum Gasteiger partial charge on any atom is 0.126 e. The molecule has 0 unspecified atom stereocenters. The number of likely N-dealkylation sites (N-methyl/N-ethyl adjacent to an activating group) is 1. The van der Waals surface area contributed by atoms with Gasteiger partial charge in [0.25, 0.3) is 0 Å². The van der Waals surface area contributed by atoms with E-state index in [4.69, 9.17) is 4.74 Å². The fourth-order valence-electron chi connectivity index (χ4n) is 1.15. The first kappa shape index (κ1) is 10.8. The van der Waals surface area contributed by atoms with Gasteiger partial charge in [0.15, 0.2) is 0 Å². The van der Waals surface area contributed by atoms with E-state index in [0.717, 1.165) is 11.3 Å². The highest BCUT2D eigenvalue weighted by Gasteiger charge is 1.97. The molecule has 1 atom stereocenters. The Hall–Kier alpha value is -1.28. The highest BCUT2D eigenvalue weighted by atomic mass is 16.5. The van der Waals surface area contributed by atoms with Crippen LogP contribution in [-0.4, -0.2) is 20.2 Å². The molecule has 1 rings (SSSR count). The van der Waals surface area contributed by atoms with Crippen LogP contribution in [0.1, 0.15) is 12.5 Å². The van der Waals surface area contributed by atoms with Crippen LogP contribution in [-0.2, 0) is 0 Å². The van der Waals surface area contributed by atoms with E-state index in [1.165, 1.54) is 0 Å². The van der Waals surface area contributed by atoms with Crippen LogP contribution in [0.15, 0.2) is 30.3 Å². The molecule has 0 aliphatic carbocycles. The summed E-state index contributed by atoms with van der Waals surface area (Å²) in [6.07, 6.45) is 4.18. The SMILES string of the molecule is CN[C@@H](C)/C=C/c1ccccc1OC. The van der Waals surface area contributed by atoms with Gasteiger partial charge in [0.05, 0.1) is 7.11 Å². The van der Waals surface area contributed by atoms with Crippen molar-refractivity contribution in [2.45, 2.75) is 13.0 Å². The molecule has 0 heterocycles. The summed E-state index contributed by atoms with van der Waals surface area (Å²) < 4.78 is 5.24. The van der Waals surface area contributed by atoms with Gasteiger partial charge in [-0.25, -0.2) is 0 Å². The Morgan fingerprint density at radius 2 is 2.07 bits per heavy atom. The Labute approximate surface area is 85.6 Å². The molecule has 0 saturated heterocycles. The molecule has 0 fully saturated rings. The summed E-state index contributed by atoms with van der Waals surface area (Å²) in [7, 11) is 3.63. The standard InChI is InChI=1S/C12H17NO/c1-10(13-2)8-9-11-6-4-5-7-12(11)14-3/h4-10,13H,1-3H3/b9-8+/t10-/m0/s1. The lowest BCUT2D eigenvalue weighted by Crippen LogP contribution is -2.17. The van der Waals surface area contributed by atoms with E-state index in [0.29, 0.717) is 6.04 Å². The van der Waals surface area contributed by atoms with Gasteiger partial charge in [0.2, 0.25) is 0 Å². The number of rotatable bonds is 4. The summed E-state index contributed by atoms with van der Waals surface area (Å²) in [6.45, 7) is 2.10. The maximum absolute atomic E-state index is 5.24. The largest absolute Gasteiger partial charge is 0.496 e. The lowest BCUT2D eigenvalue weighted by molar-refractivity contribution is 0.414. The molecule has 1 aromatic carbocycles. The Morgan fingerprint density at radius 1 is 1.36 bits per heavy atom. The quantitative estimate of drug-likeness (QED) is 0.788. The third kappa shape index (κ3) is 2.89. The van der Waals surface area contributed by atoms with Crippen LogP contribution >= 0.6 is 0 Å². The first-order valence-electron chi connectivity index (χ1n) is 4.76. The van der Waals surface area contributed by atoms with Crippen LogP contribution in [0, 0.1) is 0 Å². The van der Waals surface area contributed by atoms with E-state index in [-0.39, 0.29) is 0 Å². The van der Waals surface area contributed by atoms with Crippen LogP contribution in [0.2, 0.25) is 0 Å². The third-order valence-corrected chi connectivity index (χ3v) is 2.16. The summed E-state index contributed by atoms with van der Waals surface area (Å²) in [4.78, 5) is 0. The zero-order valence-corrected chi connectivity index (χ0v) is 8.95. The molecule has 0 amide bonds. The summed E-state index contributed by atoms with van der Waals surface area (Å²) in [5.74, 6) is 0.909. The zero-order chi connectivity index (χ0) is 10.4. The Kier molecular flexibility index (Phi) is 4.20. The van der Waals surface area contributed by atoms with Gasteiger partial charge >= 0.3 is 0 Å². The Balaban J connectivity index is 2.80. The molecule has 0 aliphatic heterocycles. The molecule has 0 saturated carbocycles. The van der Waals surface area contributed by atoms with Crippen LogP contribution in [0.4, 0.5) is 0 Å². The molecule has 0 aliphatic rings. The molecular formula is C12H17NO. The molecule has 14 heavy (non-hydrogen) atoms. The highest BCUT2D eigenvalue weighted by molar-refractivity contribution is 5.57. The van der Waals surface area contributed by atoms with Crippen molar-refractivity contribution in [2.75, 3.05) is 14.2 Å². The summed E-state index contributed by atoms with van der Waals surface area (Å²) in [5, 5.41) is 3.15. The fraction of sp³-hybridized carbons (Fsp3) is 0.333. The topological polar surface area (TPSA) is 21.3 Å². The predicted molar refractivity (Wildman–Crippen MR) is 60.5 cm³/mol. The second kappa shape index (κ2) is 5.45. The molecule has 2 heteroatoms. The van der Waals surface area contributed by atoms with Crippen LogP contribution < -0.4 is 10.1 Å². The summed E-state index contributed by atoms with van der Waals surface area (Å²) in [6, 6.07) is 8.35. The van der Waals surface area contributed by atoms with Gasteiger partial charge in [0, 0.05) is 11.6 Å². The molecule has 76 valence electrons. The van der Waals surface area contributed by atoms with Crippen molar-refractivity contribution < 1.29 is 4.74 Å². The van der Waals surface area contributed by atoms with Crippen molar-refractivity contribution >= 4 is 6.08 Å². The minimum atomic E-state index is 0.375. The number of methoxy groups -OCH3 is 1. The highest BCUT2D eigenvalue weighted by Crippen LogP contribution is 2.18. The van der Waals surface area contributed by atoms with E-state index >= 15 is 0 Å². The monoisotopic (exact) mass is 191 g/mol. The van der Waals surface area contributed by atoms with Gasteiger partial charge in [-0.1, -0.05) is 30.4 Å². The molecule has 1 N–H and O–H groups in total. The average molecular weight is 191 g/mol. The average Bonchev–Trinajstić information content (AvgIpc) is 2.26. The van der Waals surface area contributed by atoms with Gasteiger partial charge in [-0.05, 0) is 20.0 Å².